The molecule has 1 heterocycles. The van der Waals surface area contributed by atoms with E-state index >= 15 is 0 Å². The van der Waals surface area contributed by atoms with Crippen LogP contribution < -0.4 is 10.1 Å². The third-order valence-electron chi connectivity index (χ3n) is 4.89. The highest BCUT2D eigenvalue weighted by molar-refractivity contribution is 7.89. The van der Waals surface area contributed by atoms with Gasteiger partial charge in [0, 0.05) is 23.7 Å². The molecule has 0 spiro atoms. The Morgan fingerprint density at radius 3 is 2.54 bits per heavy atom. The predicted molar refractivity (Wildman–Crippen MR) is 110 cm³/mol. The molecule has 1 aliphatic rings. The zero-order chi connectivity index (χ0) is 20.3. The average molecular weight is 423 g/mol. The van der Waals surface area contributed by atoms with Crippen LogP contribution in [0.3, 0.4) is 0 Å². The van der Waals surface area contributed by atoms with Crippen molar-refractivity contribution in [2.24, 2.45) is 5.92 Å². The zero-order valence-electron chi connectivity index (χ0n) is 15.8. The van der Waals surface area contributed by atoms with Crippen LogP contribution >= 0.6 is 11.6 Å². The first-order valence-electron chi connectivity index (χ1n) is 9.06. The van der Waals surface area contributed by atoms with Gasteiger partial charge < -0.3 is 10.1 Å². The molecule has 0 aromatic heterocycles. The van der Waals surface area contributed by atoms with Gasteiger partial charge in [-0.25, -0.2) is 8.42 Å². The highest BCUT2D eigenvalue weighted by atomic mass is 35.5. The minimum atomic E-state index is -3.63. The molecule has 8 heteroatoms. The number of halogens is 1. The Labute approximate surface area is 170 Å². The van der Waals surface area contributed by atoms with Gasteiger partial charge in [-0.05, 0) is 55.2 Å². The van der Waals surface area contributed by atoms with Crippen LogP contribution in [0.4, 0.5) is 5.69 Å². The molecule has 0 aliphatic carbocycles. The Morgan fingerprint density at radius 2 is 1.89 bits per heavy atom. The van der Waals surface area contributed by atoms with E-state index in [-0.39, 0.29) is 4.90 Å². The number of nitrogens with one attached hydrogen (secondary N) is 1. The van der Waals surface area contributed by atoms with Gasteiger partial charge in [0.2, 0.25) is 10.0 Å². The Hall–Kier alpha value is -2.09. The fraction of sp³-hybridized carbons (Fsp3) is 0.350. The molecular weight excluding hydrogens is 400 g/mol. The summed E-state index contributed by atoms with van der Waals surface area (Å²) in [7, 11) is -2.17. The summed E-state index contributed by atoms with van der Waals surface area (Å²) in [6.45, 7) is 3.13. The van der Waals surface area contributed by atoms with Crippen molar-refractivity contribution < 1.29 is 17.9 Å². The van der Waals surface area contributed by atoms with Crippen LogP contribution in [0.1, 0.15) is 30.1 Å². The molecule has 0 atom stereocenters. The summed E-state index contributed by atoms with van der Waals surface area (Å²) in [5.41, 5.74) is 0.659. The second-order valence-electron chi connectivity index (χ2n) is 6.91. The molecule has 2 aromatic carbocycles. The van der Waals surface area contributed by atoms with Crippen molar-refractivity contribution in [1.82, 2.24) is 4.31 Å². The molecular formula is C20H23ClN2O4S. The standard InChI is InChI=1S/C20H23ClN2O4S/c1-14-8-10-23(11-9-14)28(25,26)17-6-7-19(27-2)18(13-17)22-20(24)15-4-3-5-16(21)12-15/h3-7,12-14H,8-11H2,1-2H3,(H,22,24). The van der Waals surface area contributed by atoms with Crippen LogP contribution in [0.2, 0.25) is 5.02 Å². The highest BCUT2D eigenvalue weighted by Crippen LogP contribution is 2.31. The molecule has 0 bridgehead atoms. The van der Waals surface area contributed by atoms with E-state index in [2.05, 4.69) is 12.2 Å². The summed E-state index contributed by atoms with van der Waals surface area (Å²) in [6, 6.07) is 11.0. The number of hydrogen-bond donors (Lipinski definition) is 1. The number of piperidine rings is 1. The monoisotopic (exact) mass is 422 g/mol. The van der Waals surface area contributed by atoms with Crippen molar-refractivity contribution in [3.8, 4) is 5.75 Å². The summed E-state index contributed by atoms with van der Waals surface area (Å²) in [5.74, 6) is 0.499. The lowest BCUT2D eigenvalue weighted by Gasteiger charge is -2.29. The summed E-state index contributed by atoms with van der Waals surface area (Å²) in [4.78, 5) is 12.7. The van der Waals surface area contributed by atoms with E-state index in [1.165, 1.54) is 23.5 Å². The number of benzene rings is 2. The molecule has 3 rings (SSSR count). The number of methoxy groups -OCH3 is 1. The van der Waals surface area contributed by atoms with Crippen LogP contribution in [0.15, 0.2) is 47.4 Å². The molecule has 6 nitrogen and oxygen atoms in total. The number of anilines is 1. The van der Waals surface area contributed by atoms with Crippen molar-refractivity contribution in [3.63, 3.8) is 0 Å². The van der Waals surface area contributed by atoms with E-state index in [1.807, 2.05) is 0 Å². The van der Waals surface area contributed by atoms with E-state index in [0.29, 0.717) is 41.0 Å². The third-order valence-corrected chi connectivity index (χ3v) is 7.02. The van der Waals surface area contributed by atoms with Crippen molar-refractivity contribution >= 4 is 33.2 Å². The number of ether oxygens (including phenoxy) is 1. The number of rotatable bonds is 5. The summed E-state index contributed by atoms with van der Waals surface area (Å²) >= 11 is 5.94. The first kappa shape index (κ1) is 20.6. The van der Waals surface area contributed by atoms with Crippen LogP contribution in [0.5, 0.6) is 5.75 Å². The van der Waals surface area contributed by atoms with Gasteiger partial charge >= 0.3 is 0 Å². The lowest BCUT2D eigenvalue weighted by molar-refractivity contribution is 0.102. The molecule has 0 radical (unpaired) electrons. The first-order chi connectivity index (χ1) is 13.3. The molecule has 1 fully saturated rings. The van der Waals surface area contributed by atoms with E-state index < -0.39 is 15.9 Å². The number of carbonyl (C=O) groups excluding carboxylic acids is 1. The largest absolute Gasteiger partial charge is 0.495 e. The predicted octanol–water partition coefficient (Wildman–Crippen LogP) is 4.02. The van der Waals surface area contributed by atoms with Gasteiger partial charge in [0.05, 0.1) is 17.7 Å². The molecule has 150 valence electrons. The van der Waals surface area contributed by atoms with Gasteiger partial charge in [-0.2, -0.15) is 4.31 Å². The summed E-state index contributed by atoms with van der Waals surface area (Å²) in [6.07, 6.45) is 1.68. The Morgan fingerprint density at radius 1 is 1.18 bits per heavy atom. The minimum absolute atomic E-state index is 0.129. The zero-order valence-corrected chi connectivity index (χ0v) is 17.4. The topological polar surface area (TPSA) is 75.7 Å². The lowest BCUT2D eigenvalue weighted by atomic mass is 10.0. The Bertz CT molecular complexity index is 970. The van der Waals surface area contributed by atoms with Gasteiger partial charge in [0.25, 0.3) is 5.91 Å². The van der Waals surface area contributed by atoms with Crippen molar-refractivity contribution in [3.05, 3.63) is 53.1 Å². The Kier molecular flexibility index (Phi) is 6.27. The number of nitrogens with zero attached hydrogens (tertiary/aromatic N) is 1. The summed E-state index contributed by atoms with van der Waals surface area (Å²) < 4.78 is 32.8. The van der Waals surface area contributed by atoms with Crippen LogP contribution in [0, 0.1) is 5.92 Å². The molecule has 1 N–H and O–H groups in total. The number of sulfonamides is 1. The second-order valence-corrected chi connectivity index (χ2v) is 9.29. The molecule has 1 saturated heterocycles. The van der Waals surface area contributed by atoms with Gasteiger partial charge in [-0.1, -0.05) is 24.6 Å². The molecule has 1 aliphatic heterocycles. The van der Waals surface area contributed by atoms with Crippen LogP contribution in [0.25, 0.3) is 0 Å². The molecule has 1 amide bonds. The van der Waals surface area contributed by atoms with Gasteiger partial charge in [-0.15, -0.1) is 0 Å². The average Bonchev–Trinajstić information content (AvgIpc) is 2.68. The van der Waals surface area contributed by atoms with Crippen molar-refractivity contribution in [1.29, 1.82) is 0 Å². The van der Waals surface area contributed by atoms with Gasteiger partial charge in [-0.3, -0.25) is 4.79 Å². The van der Waals surface area contributed by atoms with Gasteiger partial charge in [0.1, 0.15) is 5.75 Å². The number of carbonyl (C=O) groups is 1. The fourth-order valence-electron chi connectivity index (χ4n) is 3.14. The molecule has 0 saturated carbocycles. The highest BCUT2D eigenvalue weighted by Gasteiger charge is 2.28. The maximum atomic E-state index is 13.0. The smallest absolute Gasteiger partial charge is 0.255 e. The normalized spacial score (nSPS) is 16.0. The third kappa shape index (κ3) is 4.48. The van der Waals surface area contributed by atoms with Crippen LogP contribution in [-0.2, 0) is 10.0 Å². The second kappa shape index (κ2) is 8.51. The molecule has 28 heavy (non-hydrogen) atoms. The van der Waals surface area contributed by atoms with E-state index in [1.54, 1.807) is 30.3 Å². The van der Waals surface area contributed by atoms with E-state index in [9.17, 15) is 13.2 Å². The lowest BCUT2D eigenvalue weighted by Crippen LogP contribution is -2.37. The number of hydrogen-bond acceptors (Lipinski definition) is 4. The van der Waals surface area contributed by atoms with Gasteiger partial charge in [0.15, 0.2) is 0 Å². The number of amides is 1. The molecule has 0 unspecified atom stereocenters. The minimum Gasteiger partial charge on any atom is -0.495 e. The van der Waals surface area contributed by atoms with E-state index in [0.717, 1.165) is 12.8 Å². The quantitative estimate of drug-likeness (QED) is 0.789. The van der Waals surface area contributed by atoms with Crippen molar-refractivity contribution in [2.75, 3.05) is 25.5 Å². The fourth-order valence-corrected chi connectivity index (χ4v) is 4.83. The molecule has 2 aromatic rings. The SMILES string of the molecule is COc1ccc(S(=O)(=O)N2CCC(C)CC2)cc1NC(=O)c1cccc(Cl)c1. The maximum Gasteiger partial charge on any atom is 0.255 e. The van der Waals surface area contributed by atoms with Crippen LogP contribution in [-0.4, -0.2) is 38.8 Å². The maximum absolute atomic E-state index is 13.0. The van der Waals surface area contributed by atoms with E-state index in [4.69, 9.17) is 16.3 Å². The summed E-state index contributed by atoms with van der Waals surface area (Å²) in [5, 5.41) is 3.16. The Balaban J connectivity index is 1.88. The first-order valence-corrected chi connectivity index (χ1v) is 10.9. The van der Waals surface area contributed by atoms with Crippen molar-refractivity contribution in [2.45, 2.75) is 24.7 Å².